The number of ether oxygens (including phenoxy) is 1. The summed E-state index contributed by atoms with van der Waals surface area (Å²) in [5.41, 5.74) is 4.06. The second-order valence-electron chi connectivity index (χ2n) is 3.04. The maximum atomic E-state index is 5.49. The second kappa shape index (κ2) is 6.53. The summed E-state index contributed by atoms with van der Waals surface area (Å²) in [5.74, 6) is 5.49. The molecule has 0 radical (unpaired) electrons. The lowest BCUT2D eigenvalue weighted by molar-refractivity contribution is 0.189. The van der Waals surface area contributed by atoms with Gasteiger partial charge in [-0.1, -0.05) is 0 Å². The lowest BCUT2D eigenvalue weighted by atomic mass is 10.1. The molecule has 0 aliphatic carbocycles. The molecule has 0 aromatic carbocycles. The van der Waals surface area contributed by atoms with Gasteiger partial charge in [-0.05, 0) is 45.8 Å². The molecule has 1 heterocycles. The molecular weight excluding hydrogens is 264 g/mol. The Morgan fingerprint density at radius 1 is 1.71 bits per heavy atom. The number of hydrazine groups is 1. The minimum absolute atomic E-state index is 0.229. The molecule has 1 aromatic rings. The van der Waals surface area contributed by atoms with E-state index >= 15 is 0 Å². The molecule has 0 fully saturated rings. The molecule has 0 spiro atoms. The zero-order valence-electron chi connectivity index (χ0n) is 8.13. The Kier molecular flexibility index (Phi) is 5.66. The molecule has 1 atom stereocenters. The number of hydrogen-bond donors (Lipinski definition) is 2. The van der Waals surface area contributed by atoms with Crippen LogP contribution < -0.4 is 11.3 Å². The molecule has 14 heavy (non-hydrogen) atoms. The molecule has 3 nitrogen and oxygen atoms in total. The summed E-state index contributed by atoms with van der Waals surface area (Å²) >= 11 is 5.11. The van der Waals surface area contributed by atoms with Crippen molar-refractivity contribution in [3.63, 3.8) is 0 Å². The highest BCUT2D eigenvalue weighted by Crippen LogP contribution is 2.27. The van der Waals surface area contributed by atoms with Gasteiger partial charge < -0.3 is 4.74 Å². The molecule has 0 saturated heterocycles. The van der Waals surface area contributed by atoms with Gasteiger partial charge in [-0.15, -0.1) is 11.3 Å². The summed E-state index contributed by atoms with van der Waals surface area (Å²) in [7, 11) is 1.71. The van der Waals surface area contributed by atoms with E-state index in [4.69, 9.17) is 10.6 Å². The van der Waals surface area contributed by atoms with E-state index in [0.29, 0.717) is 0 Å². The molecule has 5 heteroatoms. The molecule has 0 amide bonds. The molecule has 3 N–H and O–H groups in total. The second-order valence-corrected chi connectivity index (χ2v) is 5.33. The topological polar surface area (TPSA) is 47.3 Å². The van der Waals surface area contributed by atoms with Gasteiger partial charge in [0, 0.05) is 19.8 Å². The number of hydrogen-bond acceptors (Lipinski definition) is 4. The third-order valence-electron chi connectivity index (χ3n) is 2.03. The quantitative estimate of drug-likeness (QED) is 0.477. The van der Waals surface area contributed by atoms with Gasteiger partial charge in [0.05, 0.1) is 3.79 Å². The monoisotopic (exact) mass is 278 g/mol. The fourth-order valence-electron chi connectivity index (χ4n) is 1.28. The summed E-state index contributed by atoms with van der Waals surface area (Å²) < 4.78 is 6.14. The summed E-state index contributed by atoms with van der Waals surface area (Å²) in [5, 5.41) is 2.11. The molecule has 0 aliphatic rings. The lowest BCUT2D eigenvalue weighted by Gasteiger charge is -2.13. The summed E-state index contributed by atoms with van der Waals surface area (Å²) in [6.07, 6.45) is 2.01. The molecule has 0 bridgehead atoms. The van der Waals surface area contributed by atoms with Gasteiger partial charge in [-0.3, -0.25) is 11.3 Å². The standard InChI is InChI=1S/C9H15BrN2OS/c1-13-4-2-3-8(12-11)7-5-9(10)14-6-7/h5-6,8,12H,2-4,11H2,1H3. The van der Waals surface area contributed by atoms with Crippen LogP contribution in [-0.2, 0) is 4.74 Å². The average molecular weight is 279 g/mol. The van der Waals surface area contributed by atoms with Crippen molar-refractivity contribution in [3.05, 3.63) is 20.8 Å². The van der Waals surface area contributed by atoms with E-state index in [0.717, 1.165) is 23.2 Å². The first-order valence-electron chi connectivity index (χ1n) is 4.47. The average Bonchev–Trinajstić information content (AvgIpc) is 2.60. The predicted octanol–water partition coefficient (Wildman–Crippen LogP) is 2.44. The maximum Gasteiger partial charge on any atom is 0.0701 e. The Hall–Kier alpha value is 0.0600. The van der Waals surface area contributed by atoms with Gasteiger partial charge >= 0.3 is 0 Å². The molecule has 0 saturated carbocycles. The van der Waals surface area contributed by atoms with Crippen LogP contribution in [0.5, 0.6) is 0 Å². The van der Waals surface area contributed by atoms with Crippen LogP contribution in [-0.4, -0.2) is 13.7 Å². The molecule has 1 aromatic heterocycles. The Labute approximate surface area is 96.7 Å². The van der Waals surface area contributed by atoms with E-state index in [1.165, 1.54) is 5.56 Å². The van der Waals surface area contributed by atoms with Crippen LogP contribution in [0.25, 0.3) is 0 Å². The zero-order valence-corrected chi connectivity index (χ0v) is 10.5. The number of nitrogens with one attached hydrogen (secondary N) is 1. The minimum atomic E-state index is 0.229. The molecule has 80 valence electrons. The van der Waals surface area contributed by atoms with E-state index in [1.54, 1.807) is 18.4 Å². The number of methoxy groups -OCH3 is 1. The number of nitrogens with two attached hydrogens (primary N) is 1. The highest BCUT2D eigenvalue weighted by Gasteiger charge is 2.10. The van der Waals surface area contributed by atoms with Crippen molar-refractivity contribution < 1.29 is 4.74 Å². The summed E-state index contributed by atoms with van der Waals surface area (Å²) in [6.45, 7) is 0.781. The predicted molar refractivity (Wildman–Crippen MR) is 63.2 cm³/mol. The fraction of sp³-hybridized carbons (Fsp3) is 0.556. The van der Waals surface area contributed by atoms with Crippen molar-refractivity contribution in [1.29, 1.82) is 0 Å². The van der Waals surface area contributed by atoms with Crippen LogP contribution in [0.4, 0.5) is 0 Å². The zero-order chi connectivity index (χ0) is 10.4. The van der Waals surface area contributed by atoms with Crippen molar-refractivity contribution in [2.24, 2.45) is 5.84 Å². The number of thiophene rings is 1. The van der Waals surface area contributed by atoms with E-state index in [1.807, 2.05) is 0 Å². The van der Waals surface area contributed by atoms with Crippen molar-refractivity contribution in [1.82, 2.24) is 5.43 Å². The van der Waals surface area contributed by atoms with Gasteiger partial charge in [-0.25, -0.2) is 0 Å². The van der Waals surface area contributed by atoms with Gasteiger partial charge in [0.25, 0.3) is 0 Å². The van der Waals surface area contributed by atoms with Crippen LogP contribution in [0.2, 0.25) is 0 Å². The van der Waals surface area contributed by atoms with Gasteiger partial charge in [0.1, 0.15) is 0 Å². The van der Waals surface area contributed by atoms with Crippen LogP contribution in [0.1, 0.15) is 24.4 Å². The minimum Gasteiger partial charge on any atom is -0.385 e. The largest absolute Gasteiger partial charge is 0.385 e. The number of rotatable bonds is 6. The summed E-state index contributed by atoms with van der Waals surface area (Å²) in [6, 6.07) is 2.33. The first-order valence-corrected chi connectivity index (χ1v) is 6.14. The SMILES string of the molecule is COCCCC(NN)c1csc(Br)c1. The van der Waals surface area contributed by atoms with Gasteiger partial charge in [-0.2, -0.15) is 0 Å². The molecular formula is C9H15BrN2OS. The normalized spacial score (nSPS) is 13.1. The highest BCUT2D eigenvalue weighted by atomic mass is 79.9. The van der Waals surface area contributed by atoms with Crippen molar-refractivity contribution in [2.45, 2.75) is 18.9 Å². The third-order valence-corrected chi connectivity index (χ3v) is 3.56. The van der Waals surface area contributed by atoms with E-state index in [9.17, 15) is 0 Å². The van der Waals surface area contributed by atoms with Crippen molar-refractivity contribution in [2.75, 3.05) is 13.7 Å². The van der Waals surface area contributed by atoms with Crippen LogP contribution in [0.3, 0.4) is 0 Å². The van der Waals surface area contributed by atoms with E-state index in [2.05, 4.69) is 32.8 Å². The fourth-order valence-corrected chi connectivity index (χ4v) is 2.51. The van der Waals surface area contributed by atoms with Crippen LogP contribution in [0.15, 0.2) is 15.2 Å². The molecule has 1 unspecified atom stereocenters. The van der Waals surface area contributed by atoms with Crippen molar-refractivity contribution >= 4 is 27.3 Å². The lowest BCUT2D eigenvalue weighted by Crippen LogP contribution is -2.27. The van der Waals surface area contributed by atoms with Crippen LogP contribution >= 0.6 is 27.3 Å². The Morgan fingerprint density at radius 3 is 3.00 bits per heavy atom. The molecule has 0 aliphatic heterocycles. The van der Waals surface area contributed by atoms with Crippen molar-refractivity contribution in [3.8, 4) is 0 Å². The first kappa shape index (κ1) is 12.1. The Bertz CT molecular complexity index is 267. The van der Waals surface area contributed by atoms with E-state index in [-0.39, 0.29) is 6.04 Å². The number of halogens is 1. The van der Waals surface area contributed by atoms with Gasteiger partial charge in [0.15, 0.2) is 0 Å². The first-order chi connectivity index (χ1) is 6.77. The Morgan fingerprint density at radius 2 is 2.50 bits per heavy atom. The summed E-state index contributed by atoms with van der Waals surface area (Å²) in [4.78, 5) is 0. The third kappa shape index (κ3) is 3.67. The Balaban J connectivity index is 2.45. The smallest absolute Gasteiger partial charge is 0.0701 e. The maximum absolute atomic E-state index is 5.49. The van der Waals surface area contributed by atoms with E-state index < -0.39 is 0 Å². The highest BCUT2D eigenvalue weighted by molar-refractivity contribution is 9.11. The molecule has 1 rings (SSSR count). The van der Waals surface area contributed by atoms with Crippen LogP contribution in [0, 0.1) is 0 Å². The van der Waals surface area contributed by atoms with Gasteiger partial charge in [0.2, 0.25) is 0 Å².